The van der Waals surface area contributed by atoms with Crippen molar-refractivity contribution in [3.05, 3.63) is 29.8 Å². The van der Waals surface area contributed by atoms with Crippen LogP contribution in [0.15, 0.2) is 24.3 Å². The van der Waals surface area contributed by atoms with Crippen molar-refractivity contribution in [2.24, 2.45) is 0 Å². The lowest BCUT2D eigenvalue weighted by molar-refractivity contribution is 0.298. The molecule has 1 unspecified atom stereocenters. The molecular weight excluding hydrogens is 250 g/mol. The smallest absolute Gasteiger partial charge is 0.174 e. The van der Waals surface area contributed by atoms with Crippen LogP contribution < -0.4 is 10.1 Å². The lowest BCUT2D eigenvalue weighted by Crippen LogP contribution is -2.37. The van der Waals surface area contributed by atoms with E-state index in [1.54, 1.807) is 0 Å². The third-order valence-corrected chi connectivity index (χ3v) is 3.59. The zero-order chi connectivity index (χ0) is 14.2. The van der Waals surface area contributed by atoms with E-state index >= 15 is 0 Å². The average Bonchev–Trinajstić information content (AvgIpc) is 2.96. The Morgan fingerprint density at radius 1 is 1.40 bits per heavy atom. The molecule has 1 aromatic carbocycles. The van der Waals surface area contributed by atoms with Gasteiger partial charge in [0, 0.05) is 19.1 Å². The Bertz CT molecular complexity index is 449. The molecule has 1 aliphatic rings. The molecule has 1 atom stereocenters. The monoisotopic (exact) mass is 273 g/mol. The Kier molecular flexibility index (Phi) is 5.85. The van der Waals surface area contributed by atoms with E-state index in [0.29, 0.717) is 6.04 Å². The first-order valence-electron chi connectivity index (χ1n) is 7.32. The normalized spacial score (nSPS) is 16.8. The number of nitriles is 1. The Balaban J connectivity index is 1.76. The zero-order valence-electron chi connectivity index (χ0n) is 12.1. The molecule has 1 fully saturated rings. The van der Waals surface area contributed by atoms with Crippen molar-refractivity contribution >= 4 is 0 Å². The van der Waals surface area contributed by atoms with Gasteiger partial charge in [0.1, 0.15) is 11.8 Å². The van der Waals surface area contributed by atoms with Gasteiger partial charge in [-0.15, -0.1) is 0 Å². The number of hydrogen-bond donors (Lipinski definition) is 1. The average molecular weight is 273 g/mol. The van der Waals surface area contributed by atoms with Crippen LogP contribution in [0, 0.1) is 11.3 Å². The van der Waals surface area contributed by atoms with E-state index in [2.05, 4.69) is 23.2 Å². The predicted octanol–water partition coefficient (Wildman–Crippen LogP) is 2.16. The highest BCUT2D eigenvalue weighted by Gasteiger charge is 2.14. The molecule has 0 bridgehead atoms. The minimum atomic E-state index is 0.0994. The third-order valence-electron chi connectivity index (χ3n) is 3.59. The van der Waals surface area contributed by atoms with Crippen LogP contribution in [0.5, 0.6) is 5.75 Å². The van der Waals surface area contributed by atoms with Gasteiger partial charge in [-0.25, -0.2) is 0 Å². The molecule has 4 heteroatoms. The topological polar surface area (TPSA) is 48.3 Å². The summed E-state index contributed by atoms with van der Waals surface area (Å²) in [5, 5.41) is 12.1. The molecule has 0 radical (unpaired) electrons. The molecule has 0 amide bonds. The lowest BCUT2D eigenvalue weighted by Gasteiger charge is -2.21. The Morgan fingerprint density at radius 2 is 2.20 bits per heavy atom. The maximum atomic E-state index is 8.52. The van der Waals surface area contributed by atoms with Crippen LogP contribution in [-0.2, 0) is 6.54 Å². The van der Waals surface area contributed by atoms with Crippen molar-refractivity contribution in [2.45, 2.75) is 32.4 Å². The maximum Gasteiger partial charge on any atom is 0.174 e. The van der Waals surface area contributed by atoms with Crippen molar-refractivity contribution in [2.75, 3.05) is 26.2 Å². The van der Waals surface area contributed by atoms with E-state index in [9.17, 15) is 0 Å². The van der Waals surface area contributed by atoms with Gasteiger partial charge >= 0.3 is 0 Å². The molecule has 4 nitrogen and oxygen atoms in total. The fraction of sp³-hybridized carbons (Fsp3) is 0.562. The van der Waals surface area contributed by atoms with Crippen molar-refractivity contribution in [1.29, 1.82) is 5.26 Å². The summed E-state index contributed by atoms with van der Waals surface area (Å²) in [5.41, 5.74) is 1.19. The molecule has 2 rings (SSSR count). The molecule has 1 aliphatic heterocycles. The second kappa shape index (κ2) is 7.88. The second-order valence-electron chi connectivity index (χ2n) is 5.38. The number of nitrogens with zero attached hydrogens (tertiary/aromatic N) is 2. The number of likely N-dealkylation sites (tertiary alicyclic amines) is 1. The molecule has 20 heavy (non-hydrogen) atoms. The second-order valence-corrected chi connectivity index (χ2v) is 5.38. The van der Waals surface area contributed by atoms with E-state index < -0.39 is 0 Å². The molecular formula is C16H23N3O. The fourth-order valence-electron chi connectivity index (χ4n) is 2.57. The molecule has 0 aromatic heterocycles. The summed E-state index contributed by atoms with van der Waals surface area (Å²) in [5.74, 6) is 0.762. The Labute approximate surface area is 121 Å². The minimum Gasteiger partial charge on any atom is -0.479 e. The number of nitrogens with one attached hydrogen (secondary N) is 1. The lowest BCUT2D eigenvalue weighted by atomic mass is 10.2. The SMILES string of the molecule is CC(CN1CCCC1)NCc1cccc(OCC#N)c1. The van der Waals surface area contributed by atoms with Gasteiger partial charge in [0.05, 0.1) is 0 Å². The summed E-state index contributed by atoms with van der Waals surface area (Å²) < 4.78 is 5.31. The van der Waals surface area contributed by atoms with Gasteiger partial charge < -0.3 is 15.0 Å². The predicted molar refractivity (Wildman–Crippen MR) is 79.5 cm³/mol. The number of hydrogen-bond acceptors (Lipinski definition) is 4. The van der Waals surface area contributed by atoms with Crippen LogP contribution in [-0.4, -0.2) is 37.2 Å². The van der Waals surface area contributed by atoms with Crippen LogP contribution in [0.1, 0.15) is 25.3 Å². The fourth-order valence-corrected chi connectivity index (χ4v) is 2.57. The van der Waals surface area contributed by atoms with E-state index in [0.717, 1.165) is 18.8 Å². The first-order chi connectivity index (χ1) is 9.78. The molecule has 0 saturated carbocycles. The maximum absolute atomic E-state index is 8.52. The molecule has 1 N–H and O–H groups in total. The summed E-state index contributed by atoms with van der Waals surface area (Å²) in [7, 11) is 0. The summed E-state index contributed by atoms with van der Waals surface area (Å²) in [4.78, 5) is 2.52. The highest BCUT2D eigenvalue weighted by atomic mass is 16.5. The third kappa shape index (κ3) is 4.84. The highest BCUT2D eigenvalue weighted by Crippen LogP contribution is 2.13. The van der Waals surface area contributed by atoms with Crippen LogP contribution in [0.2, 0.25) is 0 Å². The Morgan fingerprint density at radius 3 is 2.95 bits per heavy atom. The number of benzene rings is 1. The molecule has 0 spiro atoms. The van der Waals surface area contributed by atoms with Crippen molar-refractivity contribution in [3.8, 4) is 11.8 Å². The summed E-state index contributed by atoms with van der Waals surface area (Å²) >= 11 is 0. The highest BCUT2D eigenvalue weighted by molar-refractivity contribution is 5.28. The van der Waals surface area contributed by atoms with E-state index in [-0.39, 0.29) is 6.61 Å². The summed E-state index contributed by atoms with van der Waals surface area (Å²) in [6.07, 6.45) is 2.68. The van der Waals surface area contributed by atoms with Crippen LogP contribution >= 0.6 is 0 Å². The summed E-state index contributed by atoms with van der Waals surface area (Å²) in [6, 6.07) is 10.4. The number of ether oxygens (including phenoxy) is 1. The van der Waals surface area contributed by atoms with Crippen LogP contribution in [0.3, 0.4) is 0 Å². The van der Waals surface area contributed by atoms with Crippen molar-refractivity contribution in [1.82, 2.24) is 10.2 Å². The van der Waals surface area contributed by atoms with E-state index in [1.807, 2.05) is 24.3 Å². The van der Waals surface area contributed by atoms with Crippen molar-refractivity contribution in [3.63, 3.8) is 0 Å². The van der Waals surface area contributed by atoms with Gasteiger partial charge in [-0.3, -0.25) is 0 Å². The van der Waals surface area contributed by atoms with E-state index in [4.69, 9.17) is 10.00 Å². The molecule has 0 aliphatic carbocycles. The standard InChI is InChI=1S/C16H23N3O/c1-14(13-19-8-2-3-9-19)18-12-15-5-4-6-16(11-15)20-10-7-17/h4-6,11,14,18H,2-3,8-10,12-13H2,1H3. The Hall–Kier alpha value is -1.57. The minimum absolute atomic E-state index is 0.0994. The first-order valence-corrected chi connectivity index (χ1v) is 7.32. The molecule has 1 heterocycles. The quantitative estimate of drug-likeness (QED) is 0.827. The van der Waals surface area contributed by atoms with Gasteiger partial charge in [0.15, 0.2) is 6.61 Å². The number of rotatable bonds is 7. The van der Waals surface area contributed by atoms with Gasteiger partial charge in [-0.1, -0.05) is 12.1 Å². The van der Waals surface area contributed by atoms with Gasteiger partial charge in [0.25, 0.3) is 0 Å². The summed E-state index contributed by atoms with van der Waals surface area (Å²) in [6.45, 7) is 6.76. The van der Waals surface area contributed by atoms with Crippen LogP contribution in [0.4, 0.5) is 0 Å². The van der Waals surface area contributed by atoms with E-state index in [1.165, 1.54) is 31.5 Å². The van der Waals surface area contributed by atoms with Gasteiger partial charge in [-0.2, -0.15) is 5.26 Å². The molecule has 1 aromatic rings. The van der Waals surface area contributed by atoms with Gasteiger partial charge in [0.2, 0.25) is 0 Å². The van der Waals surface area contributed by atoms with Crippen LogP contribution in [0.25, 0.3) is 0 Å². The van der Waals surface area contributed by atoms with Crippen molar-refractivity contribution < 1.29 is 4.74 Å². The largest absolute Gasteiger partial charge is 0.479 e. The first kappa shape index (κ1) is 14.8. The van der Waals surface area contributed by atoms with Gasteiger partial charge in [-0.05, 0) is 50.6 Å². The zero-order valence-corrected chi connectivity index (χ0v) is 12.1. The molecule has 1 saturated heterocycles. The molecule has 108 valence electrons.